The van der Waals surface area contributed by atoms with Gasteiger partial charge < -0.3 is 40.3 Å². The fourth-order valence-corrected chi connectivity index (χ4v) is 11.4. The minimum Gasteiger partial charge on any atom is -0.394 e. The lowest BCUT2D eigenvalue weighted by atomic mass is 9.99. The molecule has 0 aliphatic carbocycles. The Hall–Kier alpha value is -1.59. The highest BCUT2D eigenvalue weighted by molar-refractivity contribution is 5.76. The molecule has 0 bridgehead atoms. The predicted octanol–water partition coefficient (Wildman–Crippen LogP) is 19.0. The van der Waals surface area contributed by atoms with E-state index in [-0.39, 0.29) is 12.5 Å². The van der Waals surface area contributed by atoms with Crippen molar-refractivity contribution >= 4 is 5.91 Å². The molecule has 1 aliphatic rings. The number of nitrogens with one attached hydrogen (secondary N) is 1. The van der Waals surface area contributed by atoms with Crippen molar-refractivity contribution in [2.45, 2.75) is 397 Å². The van der Waals surface area contributed by atoms with Crippen LogP contribution in [0.25, 0.3) is 0 Å². The van der Waals surface area contributed by atoms with E-state index in [1.807, 2.05) is 6.08 Å². The maximum absolute atomic E-state index is 13.1. The predicted molar refractivity (Wildman–Crippen MR) is 341 cm³/mol. The second-order valence-corrected chi connectivity index (χ2v) is 24.7. The van der Waals surface area contributed by atoms with Crippen molar-refractivity contribution in [1.29, 1.82) is 0 Å². The van der Waals surface area contributed by atoms with E-state index in [9.17, 15) is 30.3 Å². The Morgan fingerprint density at radius 1 is 0.425 bits per heavy atom. The molecule has 0 aromatic rings. The quantitative estimate of drug-likeness (QED) is 0.0261. The lowest BCUT2D eigenvalue weighted by molar-refractivity contribution is -0.302. The van der Waals surface area contributed by atoms with E-state index >= 15 is 0 Å². The van der Waals surface area contributed by atoms with Crippen molar-refractivity contribution in [3.63, 3.8) is 0 Å². The number of aliphatic hydroxyl groups is 5. The molecule has 1 amide bonds. The van der Waals surface area contributed by atoms with Gasteiger partial charge in [0.25, 0.3) is 0 Å². The zero-order valence-electron chi connectivity index (χ0n) is 52.9. The highest BCUT2D eigenvalue weighted by atomic mass is 16.7. The van der Waals surface area contributed by atoms with Crippen molar-refractivity contribution in [2.75, 3.05) is 13.2 Å². The van der Waals surface area contributed by atoms with Gasteiger partial charge >= 0.3 is 0 Å². The van der Waals surface area contributed by atoms with Crippen molar-refractivity contribution in [3.05, 3.63) is 36.5 Å². The van der Waals surface area contributed by atoms with Crippen LogP contribution in [0.4, 0.5) is 0 Å². The Balaban J connectivity index is 2.10. The van der Waals surface area contributed by atoms with Crippen molar-refractivity contribution in [3.8, 4) is 0 Å². The highest BCUT2D eigenvalue weighted by Gasteiger charge is 2.44. The third kappa shape index (κ3) is 48.7. The molecule has 0 spiro atoms. The van der Waals surface area contributed by atoms with Crippen molar-refractivity contribution < 1.29 is 39.8 Å². The van der Waals surface area contributed by atoms with Gasteiger partial charge in [-0.15, -0.1) is 0 Å². The molecule has 1 rings (SSSR count). The molecule has 0 radical (unpaired) electrons. The van der Waals surface area contributed by atoms with Crippen LogP contribution < -0.4 is 5.32 Å². The van der Waals surface area contributed by atoms with E-state index in [1.165, 1.54) is 289 Å². The molecule has 7 atom stereocenters. The van der Waals surface area contributed by atoms with Crippen LogP contribution in [-0.4, -0.2) is 87.5 Å². The van der Waals surface area contributed by atoms with Crippen LogP contribution in [0.5, 0.6) is 0 Å². The van der Waals surface area contributed by atoms with Crippen LogP contribution in [-0.2, 0) is 14.3 Å². The first-order valence-corrected chi connectivity index (χ1v) is 35.2. The largest absolute Gasteiger partial charge is 0.394 e. The summed E-state index contributed by atoms with van der Waals surface area (Å²) in [6.07, 6.45) is 74.0. The fraction of sp³-hybridized carbons (Fsp3) is 0.901. The van der Waals surface area contributed by atoms with Gasteiger partial charge in [-0.1, -0.05) is 333 Å². The number of rotatable bonds is 62. The molecule has 0 aromatic carbocycles. The third-order valence-electron chi connectivity index (χ3n) is 17.0. The molecule has 7 unspecified atom stereocenters. The monoisotopic (exact) mass is 1130 g/mol. The summed E-state index contributed by atoms with van der Waals surface area (Å²) in [5, 5.41) is 54.7. The Bertz CT molecular complexity index is 1360. The van der Waals surface area contributed by atoms with Gasteiger partial charge in [-0.3, -0.25) is 4.79 Å². The van der Waals surface area contributed by atoms with Gasteiger partial charge in [0.15, 0.2) is 6.29 Å². The Morgan fingerprint density at radius 2 is 0.738 bits per heavy atom. The van der Waals surface area contributed by atoms with E-state index in [0.29, 0.717) is 6.42 Å². The molecule has 9 heteroatoms. The van der Waals surface area contributed by atoms with Crippen molar-refractivity contribution in [2.24, 2.45) is 0 Å². The van der Waals surface area contributed by atoms with Gasteiger partial charge in [-0.2, -0.15) is 0 Å². The zero-order chi connectivity index (χ0) is 57.9. The smallest absolute Gasteiger partial charge is 0.220 e. The van der Waals surface area contributed by atoms with Gasteiger partial charge in [0, 0.05) is 6.42 Å². The Labute approximate surface area is 495 Å². The van der Waals surface area contributed by atoms with Crippen LogP contribution >= 0.6 is 0 Å². The van der Waals surface area contributed by atoms with E-state index in [0.717, 1.165) is 44.9 Å². The first kappa shape index (κ1) is 76.4. The second kappa shape index (κ2) is 60.5. The number of aliphatic hydroxyl groups excluding tert-OH is 5. The lowest BCUT2D eigenvalue weighted by Crippen LogP contribution is -2.60. The summed E-state index contributed by atoms with van der Waals surface area (Å²) in [6.45, 7) is 3.83. The minimum absolute atomic E-state index is 0.171. The van der Waals surface area contributed by atoms with Crippen LogP contribution in [0.2, 0.25) is 0 Å². The Morgan fingerprint density at radius 3 is 1.07 bits per heavy atom. The highest BCUT2D eigenvalue weighted by Crippen LogP contribution is 2.23. The topological polar surface area (TPSA) is 149 Å². The molecule has 80 heavy (non-hydrogen) atoms. The van der Waals surface area contributed by atoms with Crippen LogP contribution in [0.15, 0.2) is 36.5 Å². The molecule has 472 valence electrons. The summed E-state index contributed by atoms with van der Waals surface area (Å²) in [5.41, 5.74) is 0. The van der Waals surface area contributed by atoms with Gasteiger partial charge in [-0.05, 0) is 51.4 Å². The van der Waals surface area contributed by atoms with Crippen LogP contribution in [0.3, 0.4) is 0 Å². The summed E-state index contributed by atoms with van der Waals surface area (Å²) in [4.78, 5) is 13.1. The molecule has 0 aromatic heterocycles. The first-order valence-electron chi connectivity index (χ1n) is 35.2. The third-order valence-corrected chi connectivity index (χ3v) is 17.0. The van der Waals surface area contributed by atoms with Gasteiger partial charge in [0.1, 0.15) is 24.4 Å². The van der Waals surface area contributed by atoms with E-state index in [2.05, 4.69) is 43.5 Å². The SMILES string of the molecule is CCCCCCCCCCCCC/C=C\C/C=C\CCCCCCCCCCCCCCCCCCCC(=O)NC(COC1OC(CO)C(O)C(O)C1O)C(O)/C=C/CCCCCCCCCCCCCCCCCCCCCC. The molecule has 1 saturated heterocycles. The number of carbonyl (C=O) groups is 1. The number of amides is 1. The lowest BCUT2D eigenvalue weighted by Gasteiger charge is -2.40. The summed E-state index contributed by atoms with van der Waals surface area (Å²) in [7, 11) is 0. The molecule has 6 N–H and O–H groups in total. The minimum atomic E-state index is -1.57. The summed E-state index contributed by atoms with van der Waals surface area (Å²) >= 11 is 0. The van der Waals surface area contributed by atoms with Crippen LogP contribution in [0, 0.1) is 0 Å². The molecule has 1 heterocycles. The number of hydrogen-bond acceptors (Lipinski definition) is 8. The molecule has 1 fully saturated rings. The van der Waals surface area contributed by atoms with E-state index in [1.54, 1.807) is 6.08 Å². The average Bonchev–Trinajstić information content (AvgIpc) is 3.46. The van der Waals surface area contributed by atoms with Gasteiger partial charge in [0.05, 0.1) is 25.4 Å². The molecule has 0 saturated carbocycles. The average molecular weight is 1130 g/mol. The molecule has 1 aliphatic heterocycles. The number of hydrogen-bond donors (Lipinski definition) is 6. The number of unbranched alkanes of at least 4 members (excludes halogenated alkanes) is 48. The normalized spacial score (nSPS) is 18.6. The number of ether oxygens (including phenoxy) is 2. The standard InChI is InChI=1S/C71H135NO8/c1-3-5-7-9-11-13-15-17-19-21-23-25-27-28-29-30-31-32-33-34-35-36-37-38-39-41-43-45-47-49-51-53-55-57-59-61-67(75)72-64(63-79-71-70(78)69(77)68(76)66(62-73)80-71)65(74)60-58-56-54-52-50-48-46-44-42-40-26-24-22-20-18-16-14-12-10-8-6-4-2/h27-28,30-31,58,60,64-66,68-71,73-74,76-78H,3-26,29,32-57,59,61-63H2,1-2H3,(H,72,75)/b28-27-,31-30-,60-58+. The van der Waals surface area contributed by atoms with Gasteiger partial charge in [0.2, 0.25) is 5.91 Å². The number of carbonyl (C=O) groups excluding carboxylic acids is 1. The molecular formula is C71H135NO8. The number of allylic oxidation sites excluding steroid dienone is 5. The maximum atomic E-state index is 13.1. The maximum Gasteiger partial charge on any atom is 0.220 e. The fourth-order valence-electron chi connectivity index (χ4n) is 11.4. The van der Waals surface area contributed by atoms with E-state index < -0.39 is 49.5 Å². The Kier molecular flexibility index (Phi) is 57.8. The molecule has 9 nitrogen and oxygen atoms in total. The zero-order valence-corrected chi connectivity index (χ0v) is 52.9. The summed E-state index contributed by atoms with van der Waals surface area (Å²) in [6, 6.07) is -0.805. The first-order chi connectivity index (χ1) is 39.3. The van der Waals surface area contributed by atoms with E-state index in [4.69, 9.17) is 9.47 Å². The second-order valence-electron chi connectivity index (χ2n) is 24.7. The summed E-state index contributed by atoms with van der Waals surface area (Å²) < 4.78 is 11.3. The van der Waals surface area contributed by atoms with Crippen molar-refractivity contribution in [1.82, 2.24) is 5.32 Å². The van der Waals surface area contributed by atoms with Crippen LogP contribution in [0.1, 0.15) is 354 Å². The summed E-state index contributed by atoms with van der Waals surface area (Å²) in [5.74, 6) is -0.171. The van der Waals surface area contributed by atoms with Gasteiger partial charge in [-0.25, -0.2) is 0 Å². The molecular weight excluding hydrogens is 995 g/mol.